The number of hydrogen-bond donors (Lipinski definition) is 0. The Labute approximate surface area is 214 Å². The highest BCUT2D eigenvalue weighted by Gasteiger charge is 2.33. The van der Waals surface area contributed by atoms with Gasteiger partial charge in [0.1, 0.15) is 6.61 Å². The molecular weight excluding hydrogens is 528 g/mol. The van der Waals surface area contributed by atoms with Crippen LogP contribution in [0.2, 0.25) is 20.1 Å². The lowest BCUT2D eigenvalue weighted by atomic mass is 10.2. The molecule has 1 heterocycles. The summed E-state index contributed by atoms with van der Waals surface area (Å²) in [7, 11) is 0. The van der Waals surface area contributed by atoms with E-state index in [-0.39, 0.29) is 12.5 Å². The Kier molecular flexibility index (Phi) is 7.35. The lowest BCUT2D eigenvalue weighted by Crippen LogP contribution is -2.27. The first-order chi connectivity index (χ1) is 15.3. The minimum absolute atomic E-state index is 0.171. The molecule has 3 aromatic rings. The Morgan fingerprint density at radius 2 is 1.62 bits per heavy atom. The molecule has 0 unspecified atom stereocenters. The average Bonchev–Trinajstić information content (AvgIpc) is 3.02. The molecule has 3 nitrogen and oxygen atoms in total. The predicted molar refractivity (Wildman–Crippen MR) is 139 cm³/mol. The fourth-order valence-corrected chi connectivity index (χ4v) is 5.38. The maximum Gasteiger partial charge on any atom is 0.270 e. The molecule has 0 spiro atoms. The number of carbonyl (C=O) groups excluding carboxylic acids is 1. The lowest BCUT2D eigenvalue weighted by Gasteiger charge is -2.14. The van der Waals surface area contributed by atoms with Gasteiger partial charge in [-0.25, -0.2) is 0 Å². The van der Waals surface area contributed by atoms with Crippen molar-refractivity contribution >= 4 is 92.4 Å². The van der Waals surface area contributed by atoms with Crippen LogP contribution in [-0.4, -0.2) is 10.2 Å². The number of amides is 1. The average molecular weight is 541 g/mol. The molecule has 9 heteroatoms. The molecule has 0 bridgehead atoms. The van der Waals surface area contributed by atoms with Crippen LogP contribution in [0.3, 0.4) is 0 Å². The Morgan fingerprint density at radius 3 is 2.28 bits per heavy atom. The van der Waals surface area contributed by atoms with Crippen LogP contribution < -0.4 is 9.64 Å². The van der Waals surface area contributed by atoms with Crippen LogP contribution in [0, 0.1) is 0 Å². The third-order valence-corrected chi connectivity index (χ3v) is 6.96. The molecule has 1 amide bonds. The molecule has 0 saturated carbocycles. The highest BCUT2D eigenvalue weighted by atomic mass is 35.5. The molecule has 4 rings (SSSR count). The van der Waals surface area contributed by atoms with Crippen molar-refractivity contribution in [2.45, 2.75) is 6.61 Å². The Bertz CT molecular complexity index is 1220. The predicted octanol–water partition coefficient (Wildman–Crippen LogP) is 8.29. The van der Waals surface area contributed by atoms with Crippen LogP contribution in [0.4, 0.5) is 5.69 Å². The quantitative estimate of drug-likeness (QED) is 0.240. The van der Waals surface area contributed by atoms with Gasteiger partial charge in [-0.15, -0.1) is 0 Å². The fraction of sp³-hybridized carbons (Fsp3) is 0.0435. The topological polar surface area (TPSA) is 29.5 Å². The molecule has 1 aliphatic rings. The van der Waals surface area contributed by atoms with Crippen LogP contribution in [0.1, 0.15) is 11.1 Å². The Morgan fingerprint density at radius 1 is 0.938 bits per heavy atom. The maximum atomic E-state index is 12.9. The van der Waals surface area contributed by atoms with E-state index in [9.17, 15) is 4.79 Å². The van der Waals surface area contributed by atoms with Crippen LogP contribution in [-0.2, 0) is 11.4 Å². The van der Waals surface area contributed by atoms with Crippen molar-refractivity contribution in [3.05, 3.63) is 96.8 Å². The highest BCUT2D eigenvalue weighted by Crippen LogP contribution is 2.39. The molecular formula is C23H13Cl4NO2S2. The summed E-state index contributed by atoms with van der Waals surface area (Å²) in [4.78, 5) is 14.9. The zero-order chi connectivity index (χ0) is 22.8. The van der Waals surface area contributed by atoms with E-state index < -0.39 is 0 Å². The van der Waals surface area contributed by atoms with Gasteiger partial charge < -0.3 is 4.74 Å². The van der Waals surface area contributed by atoms with E-state index in [4.69, 9.17) is 63.4 Å². The van der Waals surface area contributed by atoms with Crippen LogP contribution in [0.5, 0.6) is 5.75 Å². The van der Waals surface area contributed by atoms with E-state index in [2.05, 4.69) is 0 Å². The molecule has 1 saturated heterocycles. The monoisotopic (exact) mass is 539 g/mol. The van der Waals surface area contributed by atoms with E-state index >= 15 is 0 Å². The fourth-order valence-electron chi connectivity index (χ4n) is 3.01. The summed E-state index contributed by atoms with van der Waals surface area (Å²) >= 11 is 31.6. The van der Waals surface area contributed by atoms with Crippen molar-refractivity contribution in [3.8, 4) is 5.75 Å². The summed E-state index contributed by atoms with van der Waals surface area (Å²) < 4.78 is 6.26. The second-order valence-corrected chi connectivity index (χ2v) is 10.0. The zero-order valence-corrected chi connectivity index (χ0v) is 20.8. The summed E-state index contributed by atoms with van der Waals surface area (Å²) in [6.07, 6.45) is 1.71. The van der Waals surface area contributed by atoms with Gasteiger partial charge in [-0.05, 0) is 48.0 Å². The summed E-state index contributed by atoms with van der Waals surface area (Å²) in [5.74, 6) is 0.129. The van der Waals surface area contributed by atoms with E-state index in [1.54, 1.807) is 36.4 Å². The minimum atomic E-state index is -0.198. The van der Waals surface area contributed by atoms with Crippen molar-refractivity contribution in [2.24, 2.45) is 0 Å². The number of ether oxygens (including phenoxy) is 1. The summed E-state index contributed by atoms with van der Waals surface area (Å²) in [6, 6.07) is 17.8. The SMILES string of the molecule is O=C1/C(=C\c2cc(Cl)c(OCc3ccc(Cl)cc3Cl)c(Cl)c2)SC(=S)N1c1ccccc1. The second-order valence-electron chi connectivity index (χ2n) is 6.69. The van der Waals surface area contributed by atoms with Gasteiger partial charge in [0.15, 0.2) is 10.1 Å². The molecule has 0 aliphatic carbocycles. The molecule has 32 heavy (non-hydrogen) atoms. The Balaban J connectivity index is 1.55. The third-order valence-electron chi connectivity index (χ3n) is 4.51. The molecule has 162 valence electrons. The van der Waals surface area contributed by atoms with Crippen LogP contribution in [0.15, 0.2) is 65.6 Å². The van der Waals surface area contributed by atoms with Crippen molar-refractivity contribution in [3.63, 3.8) is 0 Å². The summed E-state index contributed by atoms with van der Waals surface area (Å²) in [5.41, 5.74) is 2.13. The third kappa shape index (κ3) is 5.09. The molecule has 0 aromatic heterocycles. The number of para-hydroxylation sites is 1. The number of hydrogen-bond acceptors (Lipinski definition) is 4. The minimum Gasteiger partial charge on any atom is -0.486 e. The second kappa shape index (κ2) is 10.0. The summed E-state index contributed by atoms with van der Waals surface area (Å²) in [5, 5.41) is 1.65. The maximum absolute atomic E-state index is 12.9. The van der Waals surface area contributed by atoms with E-state index in [0.717, 1.165) is 11.3 Å². The van der Waals surface area contributed by atoms with Crippen LogP contribution in [0.25, 0.3) is 6.08 Å². The van der Waals surface area contributed by atoms with Gasteiger partial charge in [-0.3, -0.25) is 9.69 Å². The number of halogens is 4. The van der Waals surface area contributed by atoms with E-state index in [1.165, 1.54) is 16.7 Å². The number of thiocarbonyl (C=S) groups is 1. The lowest BCUT2D eigenvalue weighted by molar-refractivity contribution is -0.113. The molecule has 3 aromatic carbocycles. The van der Waals surface area contributed by atoms with Gasteiger partial charge in [0, 0.05) is 15.6 Å². The molecule has 0 radical (unpaired) electrons. The largest absolute Gasteiger partial charge is 0.486 e. The van der Waals surface area contributed by atoms with E-state index in [0.29, 0.717) is 40.6 Å². The first-order valence-electron chi connectivity index (χ1n) is 9.22. The zero-order valence-electron chi connectivity index (χ0n) is 16.2. The number of anilines is 1. The number of rotatable bonds is 5. The van der Waals surface area contributed by atoms with Gasteiger partial charge in [-0.1, -0.05) is 94.6 Å². The van der Waals surface area contributed by atoms with Gasteiger partial charge in [-0.2, -0.15) is 0 Å². The van der Waals surface area contributed by atoms with Crippen molar-refractivity contribution in [1.29, 1.82) is 0 Å². The molecule has 1 aliphatic heterocycles. The van der Waals surface area contributed by atoms with Gasteiger partial charge in [0.2, 0.25) is 0 Å². The summed E-state index contributed by atoms with van der Waals surface area (Å²) in [6.45, 7) is 0.171. The number of thioether (sulfide) groups is 1. The highest BCUT2D eigenvalue weighted by molar-refractivity contribution is 8.27. The van der Waals surface area contributed by atoms with Crippen molar-refractivity contribution in [2.75, 3.05) is 4.90 Å². The van der Waals surface area contributed by atoms with Gasteiger partial charge in [0.05, 0.1) is 20.6 Å². The first kappa shape index (κ1) is 23.4. The first-order valence-corrected chi connectivity index (χ1v) is 12.0. The van der Waals surface area contributed by atoms with E-state index in [1.807, 2.05) is 30.3 Å². The van der Waals surface area contributed by atoms with Gasteiger partial charge in [0.25, 0.3) is 5.91 Å². The number of benzene rings is 3. The normalized spacial score (nSPS) is 15.0. The van der Waals surface area contributed by atoms with Gasteiger partial charge >= 0.3 is 0 Å². The van der Waals surface area contributed by atoms with Crippen molar-refractivity contribution in [1.82, 2.24) is 0 Å². The standard InChI is InChI=1S/C23H13Cl4NO2S2/c24-15-7-6-14(17(25)11-15)12-30-21-18(26)8-13(9-19(21)27)10-20-22(29)28(23(31)32-20)16-4-2-1-3-5-16/h1-11H,12H2/b20-10+. The molecule has 0 atom stereocenters. The van der Waals surface area contributed by atoms with Crippen LogP contribution >= 0.6 is 70.4 Å². The molecule has 1 fully saturated rings. The number of nitrogens with zero attached hydrogens (tertiary/aromatic N) is 1. The van der Waals surface area contributed by atoms with Crippen molar-refractivity contribution < 1.29 is 9.53 Å². The smallest absolute Gasteiger partial charge is 0.270 e. The Hall–Kier alpha value is -1.73. The molecule has 0 N–H and O–H groups in total. The number of carbonyl (C=O) groups is 1.